The highest BCUT2D eigenvalue weighted by atomic mass is 35.5. The number of benzene rings is 1. The van der Waals surface area contributed by atoms with Crippen LogP contribution in [0.5, 0.6) is 11.6 Å². The van der Waals surface area contributed by atoms with E-state index in [-0.39, 0.29) is 5.75 Å². The summed E-state index contributed by atoms with van der Waals surface area (Å²) in [6.07, 6.45) is 3.00. The highest BCUT2D eigenvalue weighted by molar-refractivity contribution is 7.22. The number of amides is 1. The molecule has 1 aliphatic carbocycles. The number of nitrogens with one attached hydrogen (secondary N) is 1. The van der Waals surface area contributed by atoms with Crippen molar-refractivity contribution in [3.63, 3.8) is 0 Å². The first-order valence-corrected chi connectivity index (χ1v) is 10.6. The van der Waals surface area contributed by atoms with E-state index in [0.29, 0.717) is 34.4 Å². The number of ether oxygens (including phenoxy) is 3. The summed E-state index contributed by atoms with van der Waals surface area (Å²) in [6.45, 7) is 0. The van der Waals surface area contributed by atoms with Crippen molar-refractivity contribution in [1.82, 2.24) is 9.97 Å². The van der Waals surface area contributed by atoms with Gasteiger partial charge in [0.05, 0.1) is 29.2 Å². The predicted octanol–water partition coefficient (Wildman–Crippen LogP) is 5.43. The Morgan fingerprint density at radius 3 is 2.80 bits per heavy atom. The van der Waals surface area contributed by atoms with Gasteiger partial charge in [0.15, 0.2) is 16.0 Å². The number of rotatable bonds is 5. The number of pyridine rings is 1. The normalized spacial score (nSPS) is 18.8. The summed E-state index contributed by atoms with van der Waals surface area (Å²) in [5.74, 6) is 0.0153. The summed E-state index contributed by atoms with van der Waals surface area (Å²) in [4.78, 5) is 20.4. The van der Waals surface area contributed by atoms with E-state index in [1.165, 1.54) is 30.7 Å². The van der Waals surface area contributed by atoms with E-state index in [1.54, 1.807) is 18.2 Å². The summed E-state index contributed by atoms with van der Waals surface area (Å²) in [5.41, 5.74) is 0.964. The van der Waals surface area contributed by atoms with Gasteiger partial charge in [-0.1, -0.05) is 11.6 Å². The quantitative estimate of drug-likeness (QED) is 0.556. The molecular weight excluding hydrogens is 433 g/mol. The van der Waals surface area contributed by atoms with Gasteiger partial charge in [-0.15, -0.1) is 11.3 Å². The van der Waals surface area contributed by atoms with Crippen molar-refractivity contribution in [3.05, 3.63) is 40.7 Å². The van der Waals surface area contributed by atoms with Crippen molar-refractivity contribution >= 4 is 44.9 Å². The van der Waals surface area contributed by atoms with Crippen LogP contribution in [0, 0.1) is 5.82 Å². The van der Waals surface area contributed by atoms with Crippen molar-refractivity contribution < 1.29 is 23.4 Å². The highest BCUT2D eigenvalue weighted by Crippen LogP contribution is 2.33. The van der Waals surface area contributed by atoms with Crippen LogP contribution in [0.4, 0.5) is 14.9 Å². The molecule has 10 heteroatoms. The Kier molecular flexibility index (Phi) is 6.19. The van der Waals surface area contributed by atoms with Crippen molar-refractivity contribution in [1.29, 1.82) is 0 Å². The third-order valence-electron chi connectivity index (χ3n) is 4.79. The fourth-order valence-corrected chi connectivity index (χ4v) is 4.39. The number of aromatic nitrogens is 2. The van der Waals surface area contributed by atoms with Crippen molar-refractivity contribution in [2.45, 2.75) is 37.9 Å². The van der Waals surface area contributed by atoms with Crippen LogP contribution in [0.15, 0.2) is 30.5 Å². The Hall–Kier alpha value is -2.65. The second-order valence-corrected chi connectivity index (χ2v) is 8.43. The van der Waals surface area contributed by atoms with E-state index < -0.39 is 24.1 Å². The molecule has 1 fully saturated rings. The Bertz CT molecular complexity index is 1050. The lowest BCUT2D eigenvalue weighted by molar-refractivity contribution is -0.00440. The van der Waals surface area contributed by atoms with Gasteiger partial charge in [-0.05, 0) is 31.7 Å². The van der Waals surface area contributed by atoms with Crippen LogP contribution in [0.2, 0.25) is 4.47 Å². The van der Waals surface area contributed by atoms with Crippen molar-refractivity contribution in [2.24, 2.45) is 0 Å². The number of fused-ring (bicyclic) bond motifs is 1. The zero-order valence-corrected chi connectivity index (χ0v) is 17.6. The Morgan fingerprint density at radius 2 is 2.07 bits per heavy atom. The summed E-state index contributed by atoms with van der Waals surface area (Å²) >= 11 is 7.16. The molecular formula is C20H19ClFN3O4S. The third kappa shape index (κ3) is 4.73. The zero-order valence-electron chi connectivity index (χ0n) is 16.1. The minimum Gasteiger partial charge on any atom is -0.483 e. The second-order valence-electron chi connectivity index (χ2n) is 6.82. The van der Waals surface area contributed by atoms with Gasteiger partial charge in [-0.3, -0.25) is 5.32 Å². The van der Waals surface area contributed by atoms with E-state index in [4.69, 9.17) is 25.8 Å². The van der Waals surface area contributed by atoms with Crippen LogP contribution in [0.25, 0.3) is 10.2 Å². The van der Waals surface area contributed by atoms with Gasteiger partial charge in [0.2, 0.25) is 5.88 Å². The number of hydrogen-bond acceptors (Lipinski definition) is 7. The summed E-state index contributed by atoms with van der Waals surface area (Å²) < 4.78 is 32.0. The van der Waals surface area contributed by atoms with E-state index >= 15 is 0 Å². The van der Waals surface area contributed by atoms with E-state index in [1.807, 2.05) is 0 Å². The average molecular weight is 452 g/mol. The van der Waals surface area contributed by atoms with Crippen LogP contribution in [0.3, 0.4) is 0 Å². The Labute approximate surface area is 181 Å². The molecule has 2 heterocycles. The largest absolute Gasteiger partial charge is 0.483 e. The number of carbonyl (C=O) groups is 1. The number of hydrogen-bond donors (Lipinski definition) is 1. The molecule has 4 rings (SSSR count). The first-order valence-electron chi connectivity index (χ1n) is 9.42. The number of methoxy groups -OCH3 is 1. The Balaban J connectivity index is 1.43. The highest BCUT2D eigenvalue weighted by Gasteiger charge is 2.31. The second kappa shape index (κ2) is 9.01. The van der Waals surface area contributed by atoms with Gasteiger partial charge < -0.3 is 14.2 Å². The van der Waals surface area contributed by atoms with Crippen molar-refractivity contribution in [2.75, 3.05) is 12.4 Å². The van der Waals surface area contributed by atoms with Gasteiger partial charge in [0, 0.05) is 18.2 Å². The predicted molar refractivity (Wildman–Crippen MR) is 112 cm³/mol. The lowest BCUT2D eigenvalue weighted by atomic mass is 9.94. The first-order chi connectivity index (χ1) is 14.5. The summed E-state index contributed by atoms with van der Waals surface area (Å²) in [7, 11) is 1.51. The van der Waals surface area contributed by atoms with Gasteiger partial charge in [0.25, 0.3) is 0 Å². The lowest BCUT2D eigenvalue weighted by Crippen LogP contribution is -2.39. The molecule has 0 radical (unpaired) electrons. The van der Waals surface area contributed by atoms with Crippen LogP contribution in [0.1, 0.15) is 25.7 Å². The number of thiazole rings is 1. The molecule has 30 heavy (non-hydrogen) atoms. The molecule has 0 saturated heterocycles. The fourth-order valence-electron chi connectivity index (χ4n) is 3.35. The fraction of sp³-hybridized carbons (Fsp3) is 0.350. The molecule has 0 bridgehead atoms. The third-order valence-corrected chi connectivity index (χ3v) is 5.91. The topological polar surface area (TPSA) is 82.6 Å². The standard InChI is InChI=1S/C20H19ClFN3O4S/c1-27-18-7-6-11(10-23-18)24-20(26)29-15-5-3-2-4-14(15)28-16-9-17-13(8-12(16)22)25-19(21)30-17/h6-10,14-15H,2-5H2,1H3,(H,24,26)/t14-,15-/m1/s1. The van der Waals surface area contributed by atoms with Crippen LogP contribution >= 0.6 is 22.9 Å². The monoisotopic (exact) mass is 451 g/mol. The molecule has 1 aromatic carbocycles. The molecule has 1 aliphatic rings. The van der Waals surface area contributed by atoms with Crippen molar-refractivity contribution in [3.8, 4) is 11.6 Å². The minimum absolute atomic E-state index is 0.100. The van der Waals surface area contributed by atoms with E-state index in [2.05, 4.69) is 15.3 Å². The van der Waals surface area contributed by atoms with E-state index in [9.17, 15) is 9.18 Å². The molecule has 2 atom stereocenters. The average Bonchev–Trinajstić information content (AvgIpc) is 3.09. The number of nitrogens with zero attached hydrogens (tertiary/aromatic N) is 2. The number of anilines is 1. The molecule has 7 nitrogen and oxygen atoms in total. The Morgan fingerprint density at radius 1 is 1.27 bits per heavy atom. The lowest BCUT2D eigenvalue weighted by Gasteiger charge is -2.31. The van der Waals surface area contributed by atoms with Gasteiger partial charge >= 0.3 is 6.09 Å². The van der Waals surface area contributed by atoms with Gasteiger partial charge in [0.1, 0.15) is 12.2 Å². The maximum atomic E-state index is 14.5. The van der Waals surface area contributed by atoms with Crippen LogP contribution in [-0.4, -0.2) is 35.4 Å². The maximum absolute atomic E-state index is 14.5. The zero-order chi connectivity index (χ0) is 21.1. The summed E-state index contributed by atoms with van der Waals surface area (Å²) in [5, 5.41) is 2.63. The minimum atomic E-state index is -0.618. The number of halogens is 2. The first kappa shape index (κ1) is 20.6. The molecule has 158 valence electrons. The van der Waals surface area contributed by atoms with Crippen LogP contribution < -0.4 is 14.8 Å². The van der Waals surface area contributed by atoms with E-state index in [0.717, 1.165) is 17.5 Å². The molecule has 2 aromatic heterocycles. The SMILES string of the molecule is COc1ccc(NC(=O)O[C@@H]2CCCC[C@H]2Oc2cc3sc(Cl)nc3cc2F)cn1. The molecule has 1 N–H and O–H groups in total. The molecule has 0 spiro atoms. The molecule has 0 unspecified atom stereocenters. The molecule has 1 amide bonds. The smallest absolute Gasteiger partial charge is 0.412 e. The molecule has 3 aromatic rings. The number of carbonyl (C=O) groups excluding carboxylic acids is 1. The van der Waals surface area contributed by atoms with Gasteiger partial charge in [-0.25, -0.2) is 19.2 Å². The van der Waals surface area contributed by atoms with Crippen LogP contribution in [-0.2, 0) is 4.74 Å². The van der Waals surface area contributed by atoms with Gasteiger partial charge in [-0.2, -0.15) is 0 Å². The summed E-state index contributed by atoms with van der Waals surface area (Å²) in [6, 6.07) is 6.18. The molecule has 0 aliphatic heterocycles. The maximum Gasteiger partial charge on any atom is 0.412 e. The molecule has 1 saturated carbocycles.